The molecule has 2 aromatic heterocycles. The van der Waals surface area contributed by atoms with Gasteiger partial charge in [-0.05, 0) is 53.1 Å². The maximum absolute atomic E-state index is 12.8. The maximum Gasteiger partial charge on any atom is 0.271 e. The van der Waals surface area contributed by atoms with E-state index in [2.05, 4.69) is 16.2 Å². The van der Waals surface area contributed by atoms with Crippen LogP contribution < -0.4 is 4.72 Å². The normalized spacial score (nSPS) is 14.1. The Labute approximate surface area is 160 Å². The highest BCUT2D eigenvalue weighted by molar-refractivity contribution is 7.94. The third-order valence-corrected chi connectivity index (χ3v) is 8.02. The Bertz CT molecular complexity index is 1040. The fourth-order valence-corrected chi connectivity index (χ4v) is 5.87. The zero-order chi connectivity index (χ0) is 18.1. The van der Waals surface area contributed by atoms with Crippen LogP contribution in [0.4, 0.5) is 5.69 Å². The smallest absolute Gasteiger partial charge is 0.271 e. The van der Waals surface area contributed by atoms with Gasteiger partial charge in [0.05, 0.1) is 0 Å². The lowest BCUT2D eigenvalue weighted by Gasteiger charge is -2.27. The molecule has 3 heterocycles. The second-order valence-corrected chi connectivity index (χ2v) is 9.82. The van der Waals surface area contributed by atoms with Crippen molar-refractivity contribution in [2.24, 2.45) is 0 Å². The molecule has 5 nitrogen and oxygen atoms in total. The molecule has 8 heteroatoms. The summed E-state index contributed by atoms with van der Waals surface area (Å²) in [6.45, 7) is 1.28. The van der Waals surface area contributed by atoms with Crippen molar-refractivity contribution in [2.75, 3.05) is 11.3 Å². The number of amides is 1. The second kappa shape index (κ2) is 6.86. The zero-order valence-electron chi connectivity index (χ0n) is 13.7. The number of hydrogen-bond acceptors (Lipinski definition) is 5. The molecule has 0 saturated heterocycles. The summed E-state index contributed by atoms with van der Waals surface area (Å²) in [5, 5.41) is 3.77. The molecule has 1 aromatic carbocycles. The lowest BCUT2D eigenvalue weighted by molar-refractivity contribution is 0.0736. The quantitative estimate of drug-likeness (QED) is 0.719. The molecule has 0 spiro atoms. The Hall–Kier alpha value is -2.16. The van der Waals surface area contributed by atoms with E-state index in [1.165, 1.54) is 10.4 Å². The fourth-order valence-electron chi connectivity index (χ4n) is 2.94. The first-order valence-electron chi connectivity index (χ1n) is 8.04. The van der Waals surface area contributed by atoms with Gasteiger partial charge in [-0.25, -0.2) is 8.42 Å². The topological polar surface area (TPSA) is 66.5 Å². The number of anilines is 1. The molecule has 0 saturated carbocycles. The number of nitrogens with one attached hydrogen (secondary N) is 1. The molecule has 0 bridgehead atoms. The van der Waals surface area contributed by atoms with E-state index in [4.69, 9.17) is 0 Å². The van der Waals surface area contributed by atoms with Gasteiger partial charge in [0.1, 0.15) is 4.21 Å². The van der Waals surface area contributed by atoms with Crippen molar-refractivity contribution in [2.45, 2.75) is 17.2 Å². The Morgan fingerprint density at radius 1 is 1.08 bits per heavy atom. The van der Waals surface area contributed by atoms with Crippen LogP contribution in [0.5, 0.6) is 0 Å². The van der Waals surface area contributed by atoms with Crippen LogP contribution in [0.2, 0.25) is 0 Å². The van der Waals surface area contributed by atoms with Crippen molar-refractivity contribution in [1.82, 2.24) is 4.90 Å². The lowest BCUT2D eigenvalue weighted by atomic mass is 10.1. The number of benzene rings is 1. The highest BCUT2D eigenvalue weighted by Crippen LogP contribution is 2.26. The van der Waals surface area contributed by atoms with Crippen LogP contribution in [0.3, 0.4) is 0 Å². The molecule has 1 amide bonds. The van der Waals surface area contributed by atoms with Crippen LogP contribution in [0.1, 0.15) is 20.8 Å². The van der Waals surface area contributed by atoms with Crippen LogP contribution in [-0.2, 0) is 23.0 Å². The molecule has 3 aromatic rings. The van der Waals surface area contributed by atoms with Gasteiger partial charge in [0.2, 0.25) is 0 Å². The number of nitrogens with zero attached hydrogens (tertiary/aromatic N) is 1. The van der Waals surface area contributed by atoms with Gasteiger partial charge in [-0.2, -0.15) is 0 Å². The van der Waals surface area contributed by atoms with Gasteiger partial charge in [-0.3, -0.25) is 9.52 Å². The van der Waals surface area contributed by atoms with E-state index in [1.807, 2.05) is 4.90 Å². The maximum atomic E-state index is 12.8. The van der Waals surface area contributed by atoms with Crippen LogP contribution >= 0.6 is 22.7 Å². The Morgan fingerprint density at radius 3 is 2.77 bits per heavy atom. The number of carbonyl (C=O) groups excluding carboxylic acids is 1. The molecule has 134 valence electrons. The van der Waals surface area contributed by atoms with E-state index in [-0.39, 0.29) is 10.1 Å². The van der Waals surface area contributed by atoms with E-state index >= 15 is 0 Å². The summed E-state index contributed by atoms with van der Waals surface area (Å²) < 4.78 is 27.5. The first kappa shape index (κ1) is 17.3. The van der Waals surface area contributed by atoms with E-state index in [1.54, 1.807) is 53.1 Å². The van der Waals surface area contributed by atoms with Gasteiger partial charge in [-0.15, -0.1) is 22.7 Å². The summed E-state index contributed by atoms with van der Waals surface area (Å²) in [5.41, 5.74) is 2.07. The number of fused-ring (bicyclic) bond motifs is 1. The first-order chi connectivity index (χ1) is 12.5. The van der Waals surface area contributed by atoms with E-state index in [0.29, 0.717) is 24.3 Å². The van der Waals surface area contributed by atoms with Crippen molar-refractivity contribution in [1.29, 1.82) is 0 Å². The highest BCUT2D eigenvalue weighted by atomic mass is 32.2. The minimum Gasteiger partial charge on any atom is -0.334 e. The summed E-state index contributed by atoms with van der Waals surface area (Å²) in [6, 6.07) is 12.0. The summed E-state index contributed by atoms with van der Waals surface area (Å²) >= 11 is 2.88. The third kappa shape index (κ3) is 3.40. The minimum absolute atomic E-state index is 0.0842. The molecular weight excluding hydrogens is 388 g/mol. The molecule has 0 unspecified atom stereocenters. The molecule has 0 fully saturated rings. The average Bonchev–Trinajstić information content (AvgIpc) is 3.32. The number of rotatable bonds is 4. The van der Waals surface area contributed by atoms with Crippen LogP contribution in [0.25, 0.3) is 0 Å². The van der Waals surface area contributed by atoms with Crippen LogP contribution in [-0.4, -0.2) is 25.8 Å². The van der Waals surface area contributed by atoms with Gasteiger partial charge < -0.3 is 4.90 Å². The van der Waals surface area contributed by atoms with Crippen molar-refractivity contribution < 1.29 is 13.2 Å². The van der Waals surface area contributed by atoms with Gasteiger partial charge in [0.15, 0.2) is 0 Å². The third-order valence-electron chi connectivity index (χ3n) is 4.22. The van der Waals surface area contributed by atoms with E-state index < -0.39 is 10.0 Å². The Kier molecular flexibility index (Phi) is 4.56. The highest BCUT2D eigenvalue weighted by Gasteiger charge is 2.23. The molecule has 1 aliphatic rings. The molecule has 1 aliphatic heterocycles. The molecule has 0 aliphatic carbocycles. The van der Waals surface area contributed by atoms with Crippen molar-refractivity contribution >= 4 is 44.3 Å². The fraction of sp³-hybridized carbons (Fsp3) is 0.167. The Morgan fingerprint density at radius 2 is 1.96 bits per heavy atom. The zero-order valence-corrected chi connectivity index (χ0v) is 16.2. The molecule has 0 atom stereocenters. The van der Waals surface area contributed by atoms with Crippen LogP contribution in [0.15, 0.2) is 57.4 Å². The summed E-state index contributed by atoms with van der Waals surface area (Å²) in [5.74, 6) is -0.0842. The van der Waals surface area contributed by atoms with E-state index in [0.717, 1.165) is 17.8 Å². The number of sulfonamides is 1. The predicted octanol–water partition coefficient (Wildman–Crippen LogP) is 3.81. The monoisotopic (exact) mass is 404 g/mol. The number of carbonyl (C=O) groups is 1. The summed E-state index contributed by atoms with van der Waals surface area (Å²) in [6.07, 6.45) is 0.865. The minimum atomic E-state index is -3.62. The number of hydrogen-bond donors (Lipinski definition) is 1. The van der Waals surface area contributed by atoms with Gasteiger partial charge >= 0.3 is 0 Å². The van der Waals surface area contributed by atoms with Gasteiger partial charge in [0.25, 0.3) is 15.9 Å². The molecule has 0 radical (unpaired) electrons. The van der Waals surface area contributed by atoms with Crippen LogP contribution in [0, 0.1) is 0 Å². The lowest BCUT2D eigenvalue weighted by Crippen LogP contribution is -2.35. The summed E-state index contributed by atoms with van der Waals surface area (Å²) in [7, 11) is -3.62. The molecule has 1 N–H and O–H groups in total. The van der Waals surface area contributed by atoms with Gasteiger partial charge in [0, 0.05) is 29.2 Å². The predicted molar refractivity (Wildman–Crippen MR) is 104 cm³/mol. The van der Waals surface area contributed by atoms with Crippen molar-refractivity contribution in [3.05, 3.63) is 69.2 Å². The molecule has 26 heavy (non-hydrogen) atoms. The second-order valence-electron chi connectivity index (χ2n) is 5.96. The summed E-state index contributed by atoms with van der Waals surface area (Å²) in [4.78, 5) is 16.0. The standard InChI is InChI=1S/C18H16N2O3S3/c21-18(20-8-6-16-14(12-20)7-10-24-16)13-3-1-4-15(11-13)19-26(22,23)17-5-2-9-25-17/h1-5,7,9-11,19H,6,8,12H2. The van der Waals surface area contributed by atoms with Gasteiger partial charge in [-0.1, -0.05) is 12.1 Å². The first-order valence-corrected chi connectivity index (χ1v) is 11.3. The average molecular weight is 405 g/mol. The molecular formula is C18H16N2O3S3. The van der Waals surface area contributed by atoms with E-state index in [9.17, 15) is 13.2 Å². The van der Waals surface area contributed by atoms with Crippen molar-refractivity contribution in [3.8, 4) is 0 Å². The number of thiophene rings is 2. The SMILES string of the molecule is O=C(c1cccc(NS(=O)(=O)c2cccs2)c1)N1CCc2sccc2C1. The largest absolute Gasteiger partial charge is 0.334 e. The van der Waals surface area contributed by atoms with Crippen molar-refractivity contribution in [3.63, 3.8) is 0 Å². The Balaban J connectivity index is 1.54. The molecule has 4 rings (SSSR count).